The largest absolute Gasteiger partial charge is 0.369 e. The molecule has 3 heterocycles. The van der Waals surface area contributed by atoms with Gasteiger partial charge in [-0.25, -0.2) is 18.4 Å². The van der Waals surface area contributed by atoms with Gasteiger partial charge in [-0.3, -0.25) is 0 Å². The van der Waals surface area contributed by atoms with Crippen LogP contribution in [0.3, 0.4) is 0 Å². The van der Waals surface area contributed by atoms with Gasteiger partial charge in [-0.2, -0.15) is 4.98 Å². The van der Waals surface area contributed by atoms with Gasteiger partial charge < -0.3 is 25.5 Å². The summed E-state index contributed by atoms with van der Waals surface area (Å²) in [6.07, 6.45) is 2.79. The lowest BCUT2D eigenvalue weighted by molar-refractivity contribution is 0.330. The fourth-order valence-electron chi connectivity index (χ4n) is 4.22. The van der Waals surface area contributed by atoms with Crippen LogP contribution in [0, 0.1) is 6.92 Å². The smallest absolute Gasteiger partial charge is 0.229 e. The van der Waals surface area contributed by atoms with Gasteiger partial charge in [-0.1, -0.05) is 32.0 Å². The third-order valence-corrected chi connectivity index (χ3v) is 7.59. The van der Waals surface area contributed by atoms with Crippen molar-refractivity contribution in [3.05, 3.63) is 60.0 Å². The van der Waals surface area contributed by atoms with Crippen molar-refractivity contribution < 1.29 is 12.9 Å². The monoisotopic (exact) mass is 546 g/mol. The molecule has 0 unspecified atom stereocenters. The van der Waals surface area contributed by atoms with Crippen LogP contribution in [0.15, 0.2) is 58.1 Å². The number of hydrogen-bond acceptors (Lipinski definition) is 10. The molecule has 5 aromatic rings. The first-order valence-corrected chi connectivity index (χ1v) is 14.1. The van der Waals surface area contributed by atoms with E-state index in [1.165, 1.54) is 6.26 Å². The van der Waals surface area contributed by atoms with Crippen LogP contribution < -0.4 is 16.4 Å². The highest BCUT2D eigenvalue weighted by atomic mass is 32.2. The Kier molecular flexibility index (Phi) is 6.30. The Morgan fingerprint density at radius 3 is 2.49 bits per heavy atom. The molecule has 0 aliphatic rings. The predicted octanol–water partition coefficient (Wildman–Crippen LogP) is 5.10. The lowest BCUT2D eigenvalue weighted by Crippen LogP contribution is -2.09. The highest BCUT2D eigenvalue weighted by molar-refractivity contribution is 7.90. The summed E-state index contributed by atoms with van der Waals surface area (Å²) in [5.74, 6) is 1.92. The van der Waals surface area contributed by atoms with Gasteiger partial charge in [0.2, 0.25) is 11.9 Å². The number of rotatable bonds is 6. The van der Waals surface area contributed by atoms with Crippen molar-refractivity contribution in [2.24, 2.45) is 7.05 Å². The number of aryl methyl sites for hydroxylation is 2. The zero-order valence-electron chi connectivity index (χ0n) is 22.6. The van der Waals surface area contributed by atoms with Gasteiger partial charge in [0.25, 0.3) is 0 Å². The summed E-state index contributed by atoms with van der Waals surface area (Å²) in [5.41, 5.74) is 10.7. The number of hydrogen-bond donors (Lipinski definition) is 3. The first kappa shape index (κ1) is 26.2. The van der Waals surface area contributed by atoms with Gasteiger partial charge in [-0.05, 0) is 42.8 Å². The molecule has 2 aromatic carbocycles. The Hall–Kier alpha value is -4.45. The minimum Gasteiger partial charge on any atom is -0.369 e. The van der Waals surface area contributed by atoms with E-state index in [4.69, 9.17) is 10.3 Å². The third kappa shape index (κ3) is 5.15. The molecule has 0 aliphatic carbocycles. The highest BCUT2D eigenvalue weighted by Crippen LogP contribution is 2.38. The molecule has 0 amide bonds. The Labute approximate surface area is 226 Å². The molecule has 0 saturated carbocycles. The summed E-state index contributed by atoms with van der Waals surface area (Å²) in [4.78, 5) is 13.7. The summed E-state index contributed by atoms with van der Waals surface area (Å²) in [6.45, 7) is 7.92. The van der Waals surface area contributed by atoms with E-state index in [0.29, 0.717) is 45.9 Å². The second-order valence-electron chi connectivity index (χ2n) is 10.5. The van der Waals surface area contributed by atoms with E-state index < -0.39 is 9.84 Å². The van der Waals surface area contributed by atoms with E-state index in [2.05, 4.69) is 51.5 Å². The summed E-state index contributed by atoms with van der Waals surface area (Å²) in [5, 5.41) is 10.8. The fraction of sp³-hybridized carbons (Fsp3) is 0.259. The van der Waals surface area contributed by atoms with Crippen LogP contribution in [-0.2, 0) is 22.3 Å². The quantitative estimate of drug-likeness (QED) is 0.262. The number of nitrogens with zero attached hydrogens (tertiary/aromatic N) is 5. The normalized spacial score (nSPS) is 12.2. The zero-order valence-corrected chi connectivity index (χ0v) is 23.4. The summed E-state index contributed by atoms with van der Waals surface area (Å²) < 4.78 is 31.8. The minimum absolute atomic E-state index is 0.226. The summed E-state index contributed by atoms with van der Waals surface area (Å²) in [6, 6.07) is 12.6. The molecule has 11 nitrogen and oxygen atoms in total. The highest BCUT2D eigenvalue weighted by Gasteiger charge is 2.24. The Balaban J connectivity index is 1.53. The Morgan fingerprint density at radius 1 is 1.03 bits per heavy atom. The molecule has 0 saturated heterocycles. The Bertz CT molecular complexity index is 1820. The van der Waals surface area contributed by atoms with E-state index in [9.17, 15) is 8.42 Å². The second kappa shape index (κ2) is 9.38. The molecule has 0 aliphatic heterocycles. The van der Waals surface area contributed by atoms with Gasteiger partial charge in [-0.15, -0.1) is 0 Å². The van der Waals surface area contributed by atoms with Gasteiger partial charge in [0.1, 0.15) is 22.8 Å². The molecule has 12 heteroatoms. The molecule has 39 heavy (non-hydrogen) atoms. The minimum atomic E-state index is -3.38. The number of nitrogens with one attached hydrogen (secondary N) is 2. The Morgan fingerprint density at radius 2 is 1.79 bits per heavy atom. The zero-order chi connectivity index (χ0) is 28.1. The average molecular weight is 547 g/mol. The third-order valence-electron chi connectivity index (χ3n) is 6.36. The molecule has 0 atom stereocenters. The number of sulfone groups is 1. The number of fused-ring (bicyclic) bond motifs is 1. The number of benzene rings is 2. The number of nitrogen functional groups attached to an aromatic ring is 1. The van der Waals surface area contributed by atoms with Crippen molar-refractivity contribution in [3.8, 4) is 11.3 Å². The maximum atomic E-state index is 12.1. The molecule has 0 radical (unpaired) electrons. The lowest BCUT2D eigenvalue weighted by atomic mass is 9.92. The molecule has 5 rings (SSSR count). The fourth-order valence-corrected chi connectivity index (χ4v) is 5.21. The van der Waals surface area contributed by atoms with Crippen LogP contribution >= 0.6 is 0 Å². The van der Waals surface area contributed by atoms with Crippen molar-refractivity contribution in [1.29, 1.82) is 0 Å². The van der Waals surface area contributed by atoms with E-state index in [1.54, 1.807) is 37.4 Å². The van der Waals surface area contributed by atoms with Crippen LogP contribution in [0.5, 0.6) is 0 Å². The molecule has 4 N–H and O–H groups in total. The SMILES string of the molecule is Cc1ccc(Nc2nccc(Nc3ccc4c(nc(N)n4C)c3-c3cc(C(C)(C)C)on3)n2)cc1S(C)(=O)=O. The standard InChI is InChI=1S/C27H30N8O3S/c1-15-7-8-16(13-20(15)39(6,36)37)30-26-29-12-11-22(32-26)31-17-9-10-19-24(33-25(28)35(19)5)23(17)18-14-21(38-34-18)27(2,3)4/h7-14H,1-6H3,(H2,28,33)(H2,29,30,31,32). The van der Waals surface area contributed by atoms with E-state index >= 15 is 0 Å². The molecule has 0 spiro atoms. The van der Waals surface area contributed by atoms with Crippen molar-refractivity contribution in [1.82, 2.24) is 24.7 Å². The van der Waals surface area contributed by atoms with Gasteiger partial charge in [0.05, 0.1) is 21.7 Å². The molecule has 0 bridgehead atoms. The average Bonchev–Trinajstić information content (AvgIpc) is 3.45. The van der Waals surface area contributed by atoms with Gasteiger partial charge in [0, 0.05) is 36.7 Å². The van der Waals surface area contributed by atoms with E-state index in [1.807, 2.05) is 29.8 Å². The first-order chi connectivity index (χ1) is 18.3. The van der Waals surface area contributed by atoms with Crippen LogP contribution in [0.25, 0.3) is 22.3 Å². The lowest BCUT2D eigenvalue weighted by Gasteiger charge is -2.13. The number of aromatic nitrogens is 5. The van der Waals surface area contributed by atoms with Crippen molar-refractivity contribution >= 4 is 50.0 Å². The summed E-state index contributed by atoms with van der Waals surface area (Å²) in [7, 11) is -1.52. The van der Waals surface area contributed by atoms with Crippen LogP contribution in [-0.4, -0.2) is 39.3 Å². The topological polar surface area (TPSA) is 154 Å². The van der Waals surface area contributed by atoms with Crippen molar-refractivity contribution in [3.63, 3.8) is 0 Å². The van der Waals surface area contributed by atoms with Gasteiger partial charge in [0.15, 0.2) is 9.84 Å². The second-order valence-corrected chi connectivity index (χ2v) is 12.5. The van der Waals surface area contributed by atoms with E-state index in [-0.39, 0.29) is 10.3 Å². The molecular formula is C27H30N8O3S. The molecule has 202 valence electrons. The van der Waals surface area contributed by atoms with Crippen LogP contribution in [0.1, 0.15) is 32.1 Å². The maximum absolute atomic E-state index is 12.1. The number of nitrogens with two attached hydrogens (primary N) is 1. The van der Waals surface area contributed by atoms with Crippen molar-refractivity contribution in [2.45, 2.75) is 38.0 Å². The molecule has 0 fully saturated rings. The maximum Gasteiger partial charge on any atom is 0.229 e. The number of anilines is 5. The first-order valence-electron chi connectivity index (χ1n) is 12.2. The van der Waals surface area contributed by atoms with Crippen molar-refractivity contribution in [2.75, 3.05) is 22.6 Å². The number of imidazole rings is 1. The molecular weight excluding hydrogens is 516 g/mol. The van der Waals surface area contributed by atoms with Crippen LogP contribution in [0.4, 0.5) is 29.1 Å². The van der Waals surface area contributed by atoms with E-state index in [0.717, 1.165) is 16.8 Å². The summed E-state index contributed by atoms with van der Waals surface area (Å²) >= 11 is 0. The molecule has 3 aromatic heterocycles. The van der Waals surface area contributed by atoms with Crippen LogP contribution in [0.2, 0.25) is 0 Å². The van der Waals surface area contributed by atoms with Gasteiger partial charge >= 0.3 is 0 Å². The predicted molar refractivity (Wildman–Crippen MR) is 152 cm³/mol.